The fraction of sp³-hybridized carbons (Fsp3) is 0.385. The molecule has 0 radical (unpaired) electrons. The van der Waals surface area contributed by atoms with E-state index in [2.05, 4.69) is 9.71 Å². The summed E-state index contributed by atoms with van der Waals surface area (Å²) in [5, 5.41) is 1.10. The van der Waals surface area contributed by atoms with E-state index < -0.39 is 15.9 Å². The summed E-state index contributed by atoms with van der Waals surface area (Å²) in [6, 6.07) is 19.9. The molecule has 1 aliphatic carbocycles. The van der Waals surface area contributed by atoms with Crippen LogP contribution in [0.5, 0.6) is 5.75 Å². The van der Waals surface area contributed by atoms with Crippen LogP contribution < -0.4 is 9.46 Å². The van der Waals surface area contributed by atoms with Crippen molar-refractivity contribution in [1.82, 2.24) is 9.71 Å². The maximum Gasteiger partial charge on any atom is 0.234 e. The van der Waals surface area contributed by atoms with E-state index >= 15 is 0 Å². The van der Waals surface area contributed by atoms with Gasteiger partial charge in [-0.15, -0.1) is 0 Å². The summed E-state index contributed by atoms with van der Waals surface area (Å²) in [5.41, 5.74) is 2.50. The van der Waals surface area contributed by atoms with E-state index in [1.807, 2.05) is 60.7 Å². The highest BCUT2D eigenvalue weighted by atomic mass is 32.2. The van der Waals surface area contributed by atoms with Crippen LogP contribution in [0.15, 0.2) is 60.7 Å². The third-order valence-electron chi connectivity index (χ3n) is 6.37. The molecular formula is C26H30N2O4S. The highest BCUT2D eigenvalue weighted by Crippen LogP contribution is 2.41. The quantitative estimate of drug-likeness (QED) is 0.502. The van der Waals surface area contributed by atoms with Gasteiger partial charge in [-0.25, -0.2) is 13.4 Å². The third-order valence-corrected chi connectivity index (χ3v) is 6.97. The maximum absolute atomic E-state index is 12.5. The standard InChI is InChI=1S/C26H30N2O4S/c1-33(30,31)28-25(29)18-26(16-6-2-3-7-17-26)21-11-14-23(15-12-21)32-19-22-13-10-20-8-4-5-9-24(20)27-22/h4-5,8-15H,2-3,6-7,16-19H2,1H3,(H,28,29). The molecule has 1 N–H and O–H groups in total. The SMILES string of the molecule is CS(=O)(=O)NC(=O)CC1(c2ccc(OCc3ccc4ccccc4n3)cc2)CCCCCC1. The van der Waals surface area contributed by atoms with Crippen molar-refractivity contribution in [3.63, 3.8) is 0 Å². The van der Waals surface area contributed by atoms with E-state index in [1.165, 1.54) is 0 Å². The largest absolute Gasteiger partial charge is 0.487 e. The number of sulfonamides is 1. The molecule has 0 saturated heterocycles. The van der Waals surface area contributed by atoms with E-state index in [9.17, 15) is 13.2 Å². The van der Waals surface area contributed by atoms with Crippen molar-refractivity contribution in [3.8, 4) is 5.75 Å². The summed E-state index contributed by atoms with van der Waals surface area (Å²) in [6.45, 7) is 0.367. The predicted molar refractivity (Wildman–Crippen MR) is 130 cm³/mol. The highest BCUT2D eigenvalue weighted by molar-refractivity contribution is 7.89. The second-order valence-corrected chi connectivity index (χ2v) is 10.7. The number of benzene rings is 2. The van der Waals surface area contributed by atoms with Gasteiger partial charge >= 0.3 is 0 Å². The van der Waals surface area contributed by atoms with Crippen LogP contribution in [0.4, 0.5) is 0 Å². The van der Waals surface area contributed by atoms with Gasteiger partial charge in [-0.1, -0.05) is 62.1 Å². The smallest absolute Gasteiger partial charge is 0.234 e. The number of fused-ring (bicyclic) bond motifs is 1. The lowest BCUT2D eigenvalue weighted by molar-refractivity contribution is -0.120. The predicted octanol–water partition coefficient (Wildman–Crippen LogP) is 4.87. The molecule has 1 heterocycles. The number of carbonyl (C=O) groups is 1. The summed E-state index contributed by atoms with van der Waals surface area (Å²) in [7, 11) is -3.57. The van der Waals surface area contributed by atoms with Crippen molar-refractivity contribution in [2.24, 2.45) is 0 Å². The van der Waals surface area contributed by atoms with Crippen LogP contribution in [0.25, 0.3) is 10.9 Å². The fourth-order valence-electron chi connectivity index (χ4n) is 4.77. The van der Waals surface area contributed by atoms with Crippen molar-refractivity contribution in [2.45, 2.75) is 57.0 Å². The molecule has 1 aromatic heterocycles. The number of nitrogens with one attached hydrogen (secondary N) is 1. The molecule has 2 aromatic carbocycles. The first-order valence-electron chi connectivity index (χ1n) is 11.4. The number of ether oxygens (including phenoxy) is 1. The van der Waals surface area contributed by atoms with Gasteiger partial charge in [0.1, 0.15) is 12.4 Å². The second kappa shape index (κ2) is 9.91. The Bertz CT molecular complexity index is 1210. The molecule has 33 heavy (non-hydrogen) atoms. The van der Waals surface area contributed by atoms with E-state index in [0.717, 1.165) is 72.7 Å². The molecule has 4 rings (SSSR count). The van der Waals surface area contributed by atoms with Crippen LogP contribution in [0.3, 0.4) is 0 Å². The Kier molecular flexibility index (Phi) is 6.98. The van der Waals surface area contributed by atoms with E-state index in [0.29, 0.717) is 6.61 Å². The number of amides is 1. The van der Waals surface area contributed by atoms with Crippen LogP contribution in [-0.2, 0) is 26.8 Å². The molecule has 174 valence electrons. The number of pyridine rings is 1. The molecule has 1 aliphatic rings. The molecule has 0 spiro atoms. The van der Waals surface area contributed by atoms with Gasteiger partial charge in [0.15, 0.2) is 0 Å². The Balaban J connectivity index is 1.48. The average Bonchev–Trinajstić information content (AvgIpc) is 3.03. The molecule has 1 fully saturated rings. The zero-order valence-corrected chi connectivity index (χ0v) is 19.7. The Hall–Kier alpha value is -2.93. The lowest BCUT2D eigenvalue weighted by Crippen LogP contribution is -2.37. The molecule has 7 heteroatoms. The van der Waals surface area contributed by atoms with Crippen molar-refractivity contribution in [1.29, 1.82) is 0 Å². The average molecular weight is 467 g/mol. The number of hydrogen-bond donors (Lipinski definition) is 1. The van der Waals surface area contributed by atoms with Gasteiger partial charge < -0.3 is 4.74 Å². The Labute approximate surface area is 195 Å². The second-order valence-electron chi connectivity index (χ2n) is 8.98. The lowest BCUT2D eigenvalue weighted by atomic mass is 9.71. The molecule has 1 saturated carbocycles. The lowest BCUT2D eigenvalue weighted by Gasteiger charge is -2.33. The molecule has 1 amide bonds. The summed E-state index contributed by atoms with van der Waals surface area (Å²) >= 11 is 0. The number of aromatic nitrogens is 1. The zero-order valence-electron chi connectivity index (χ0n) is 18.9. The van der Waals surface area contributed by atoms with Gasteiger partial charge in [-0.3, -0.25) is 9.52 Å². The van der Waals surface area contributed by atoms with E-state index in [4.69, 9.17) is 4.74 Å². The van der Waals surface area contributed by atoms with Gasteiger partial charge in [0.2, 0.25) is 15.9 Å². The number of hydrogen-bond acceptors (Lipinski definition) is 5. The van der Waals surface area contributed by atoms with Gasteiger partial charge in [0, 0.05) is 17.2 Å². The summed E-state index contributed by atoms with van der Waals surface area (Å²) < 4.78 is 31.2. The Morgan fingerprint density at radius 1 is 0.970 bits per heavy atom. The molecule has 0 atom stereocenters. The minimum absolute atomic E-state index is 0.168. The molecular weight excluding hydrogens is 436 g/mol. The monoisotopic (exact) mass is 466 g/mol. The molecule has 0 aliphatic heterocycles. The van der Waals surface area contributed by atoms with Crippen LogP contribution in [0.1, 0.15) is 56.2 Å². The molecule has 6 nitrogen and oxygen atoms in total. The number of rotatable bonds is 7. The molecule has 3 aromatic rings. The minimum atomic E-state index is -3.57. The maximum atomic E-state index is 12.5. The Morgan fingerprint density at radius 2 is 1.67 bits per heavy atom. The van der Waals surface area contributed by atoms with E-state index in [-0.39, 0.29) is 11.8 Å². The molecule has 0 bridgehead atoms. The van der Waals surface area contributed by atoms with Crippen molar-refractivity contribution >= 4 is 26.8 Å². The van der Waals surface area contributed by atoms with Gasteiger partial charge in [-0.05, 0) is 42.7 Å². The fourth-order valence-corrected chi connectivity index (χ4v) is 5.26. The zero-order chi connectivity index (χ0) is 23.3. The van der Waals surface area contributed by atoms with Gasteiger partial charge in [-0.2, -0.15) is 0 Å². The van der Waals surface area contributed by atoms with Gasteiger partial charge in [0.25, 0.3) is 0 Å². The van der Waals surface area contributed by atoms with Crippen LogP contribution in [0, 0.1) is 0 Å². The van der Waals surface area contributed by atoms with Crippen LogP contribution >= 0.6 is 0 Å². The highest BCUT2D eigenvalue weighted by Gasteiger charge is 2.35. The number of nitrogens with zero attached hydrogens (tertiary/aromatic N) is 1. The van der Waals surface area contributed by atoms with Crippen LogP contribution in [0.2, 0.25) is 0 Å². The van der Waals surface area contributed by atoms with Gasteiger partial charge in [0.05, 0.1) is 17.5 Å². The topological polar surface area (TPSA) is 85.4 Å². The minimum Gasteiger partial charge on any atom is -0.487 e. The van der Waals surface area contributed by atoms with Crippen molar-refractivity contribution < 1.29 is 17.9 Å². The number of carbonyl (C=O) groups excluding carboxylic acids is 1. The van der Waals surface area contributed by atoms with Crippen molar-refractivity contribution in [3.05, 3.63) is 71.9 Å². The first kappa shape index (κ1) is 23.2. The summed E-state index contributed by atoms with van der Waals surface area (Å²) in [6.07, 6.45) is 7.24. The first-order chi connectivity index (χ1) is 15.8. The summed E-state index contributed by atoms with van der Waals surface area (Å²) in [5.74, 6) is 0.292. The normalized spacial score (nSPS) is 16.2. The van der Waals surface area contributed by atoms with Crippen molar-refractivity contribution in [2.75, 3.05) is 6.26 Å². The summed E-state index contributed by atoms with van der Waals surface area (Å²) in [4.78, 5) is 17.2. The Morgan fingerprint density at radius 3 is 2.36 bits per heavy atom. The number of para-hydroxylation sites is 1. The third kappa shape index (κ3) is 6.11. The van der Waals surface area contributed by atoms with Crippen LogP contribution in [-0.4, -0.2) is 25.6 Å². The van der Waals surface area contributed by atoms with E-state index in [1.54, 1.807) is 0 Å². The molecule has 0 unspecified atom stereocenters. The first-order valence-corrected chi connectivity index (χ1v) is 13.3.